The molecule has 2 aliphatic heterocycles. The van der Waals surface area contributed by atoms with E-state index in [4.69, 9.17) is 18.9 Å². The first-order valence-corrected chi connectivity index (χ1v) is 14.5. The van der Waals surface area contributed by atoms with Crippen LogP contribution in [-0.2, 0) is 28.8 Å². The van der Waals surface area contributed by atoms with E-state index in [-0.39, 0.29) is 11.9 Å². The van der Waals surface area contributed by atoms with Gasteiger partial charge in [-0.2, -0.15) is 0 Å². The highest BCUT2D eigenvalue weighted by molar-refractivity contribution is 5.77. The highest BCUT2D eigenvalue weighted by atomic mass is 19.1. The molecule has 0 radical (unpaired) electrons. The quantitative estimate of drug-likeness (QED) is 0.273. The first-order valence-electron chi connectivity index (χ1n) is 14.5. The summed E-state index contributed by atoms with van der Waals surface area (Å²) in [7, 11) is 1.36. The van der Waals surface area contributed by atoms with Gasteiger partial charge in [-0.05, 0) is 74.8 Å². The number of carboxylic acids is 1. The average molecular weight is 567 g/mol. The molecule has 0 aliphatic carbocycles. The van der Waals surface area contributed by atoms with Crippen LogP contribution in [0.15, 0.2) is 35.1 Å². The SMILES string of the molecule is COc1c(F)cc(Cc2ocnc2C)cc1C(C(=O)O)N1CC[C@@H](OCCCCCc2ccc3c(n2)NCCC3)C1. The molecule has 5 rings (SSSR count). The number of nitrogens with one attached hydrogen (secondary N) is 1. The van der Waals surface area contributed by atoms with Crippen LogP contribution in [0, 0.1) is 12.7 Å². The normalized spacial score (nSPS) is 17.7. The molecular formula is C31H39FN4O5. The molecule has 2 aliphatic rings. The fraction of sp³-hybridized carbons (Fsp3) is 0.516. The Morgan fingerprint density at radius 1 is 1.29 bits per heavy atom. The number of likely N-dealkylation sites (tertiary alicyclic amines) is 1. The summed E-state index contributed by atoms with van der Waals surface area (Å²) in [6.07, 6.45) is 8.52. The van der Waals surface area contributed by atoms with Gasteiger partial charge in [-0.15, -0.1) is 0 Å². The Hall–Kier alpha value is -3.50. The molecule has 2 atom stereocenters. The number of aryl methyl sites for hydroxylation is 3. The summed E-state index contributed by atoms with van der Waals surface area (Å²) < 4.78 is 31.9. The molecule has 2 aromatic heterocycles. The van der Waals surface area contributed by atoms with Gasteiger partial charge in [0.2, 0.25) is 0 Å². The van der Waals surface area contributed by atoms with E-state index in [2.05, 4.69) is 22.4 Å². The topological polar surface area (TPSA) is 110 Å². The number of anilines is 1. The van der Waals surface area contributed by atoms with E-state index < -0.39 is 17.8 Å². The lowest BCUT2D eigenvalue weighted by Gasteiger charge is -2.26. The molecule has 0 saturated carbocycles. The maximum absolute atomic E-state index is 15.1. The zero-order valence-corrected chi connectivity index (χ0v) is 23.8. The number of carboxylic acid groups (broad SMARTS) is 1. The number of halogens is 1. The minimum Gasteiger partial charge on any atom is -0.493 e. The molecule has 3 aromatic rings. The Balaban J connectivity index is 1.13. The van der Waals surface area contributed by atoms with Gasteiger partial charge >= 0.3 is 5.97 Å². The Morgan fingerprint density at radius 3 is 2.95 bits per heavy atom. The molecular weight excluding hydrogens is 527 g/mol. The van der Waals surface area contributed by atoms with Gasteiger partial charge in [0.1, 0.15) is 17.6 Å². The lowest BCUT2D eigenvalue weighted by atomic mass is 9.98. The van der Waals surface area contributed by atoms with Crippen molar-refractivity contribution in [1.29, 1.82) is 0 Å². The number of methoxy groups -OCH3 is 1. The van der Waals surface area contributed by atoms with Gasteiger partial charge in [0.05, 0.1) is 18.9 Å². The molecule has 220 valence electrons. The number of nitrogens with zero attached hydrogens (tertiary/aromatic N) is 3. The van der Waals surface area contributed by atoms with Crippen molar-refractivity contribution in [3.8, 4) is 5.75 Å². The molecule has 1 unspecified atom stereocenters. The third kappa shape index (κ3) is 7.05. The average Bonchev–Trinajstić information content (AvgIpc) is 3.59. The number of unbranched alkanes of at least 4 members (excludes halogenated alkanes) is 2. The van der Waals surface area contributed by atoms with E-state index in [1.54, 1.807) is 6.07 Å². The second kappa shape index (κ2) is 13.4. The molecule has 1 fully saturated rings. The van der Waals surface area contributed by atoms with Gasteiger partial charge in [0.25, 0.3) is 0 Å². The molecule has 0 spiro atoms. The van der Waals surface area contributed by atoms with Crippen molar-refractivity contribution >= 4 is 11.8 Å². The van der Waals surface area contributed by atoms with Crippen molar-refractivity contribution in [3.63, 3.8) is 0 Å². The van der Waals surface area contributed by atoms with Crippen molar-refractivity contribution in [2.75, 3.05) is 38.7 Å². The number of oxazole rings is 1. The number of fused-ring (bicyclic) bond motifs is 1. The molecule has 4 heterocycles. The van der Waals surface area contributed by atoms with E-state index in [9.17, 15) is 9.90 Å². The minimum absolute atomic E-state index is 0.0518. The van der Waals surface area contributed by atoms with Crippen LogP contribution in [-0.4, -0.2) is 65.4 Å². The lowest BCUT2D eigenvalue weighted by Crippen LogP contribution is -2.34. The maximum atomic E-state index is 15.1. The van der Waals surface area contributed by atoms with Gasteiger partial charge in [-0.25, -0.2) is 14.4 Å². The third-order valence-electron chi connectivity index (χ3n) is 8.00. The summed E-state index contributed by atoms with van der Waals surface area (Å²) in [6.45, 7) is 4.43. The smallest absolute Gasteiger partial charge is 0.325 e. The second-order valence-corrected chi connectivity index (χ2v) is 10.9. The first-order chi connectivity index (χ1) is 19.9. The molecule has 0 amide bonds. The first kappa shape index (κ1) is 29.0. The number of carbonyl (C=O) groups is 1. The molecule has 1 aromatic carbocycles. The number of rotatable bonds is 13. The molecule has 10 heteroatoms. The van der Waals surface area contributed by atoms with E-state index in [1.165, 1.54) is 25.1 Å². The summed E-state index contributed by atoms with van der Waals surface area (Å²) >= 11 is 0. The van der Waals surface area contributed by atoms with Gasteiger partial charge in [-0.3, -0.25) is 9.69 Å². The predicted molar refractivity (Wildman–Crippen MR) is 152 cm³/mol. The molecule has 1 saturated heterocycles. The number of aliphatic carboxylic acids is 1. The maximum Gasteiger partial charge on any atom is 0.325 e. The number of pyridine rings is 1. The molecule has 0 bridgehead atoms. The zero-order chi connectivity index (χ0) is 28.8. The van der Waals surface area contributed by atoms with Crippen molar-refractivity contribution < 1.29 is 28.2 Å². The van der Waals surface area contributed by atoms with Crippen molar-refractivity contribution in [2.45, 2.75) is 70.4 Å². The fourth-order valence-electron chi connectivity index (χ4n) is 5.83. The van der Waals surface area contributed by atoms with Crippen LogP contribution in [0.3, 0.4) is 0 Å². The predicted octanol–water partition coefficient (Wildman–Crippen LogP) is 5.10. The number of hydrogen-bond acceptors (Lipinski definition) is 8. The molecule has 9 nitrogen and oxygen atoms in total. The van der Waals surface area contributed by atoms with E-state index in [1.807, 2.05) is 11.8 Å². The molecule has 41 heavy (non-hydrogen) atoms. The second-order valence-electron chi connectivity index (χ2n) is 10.9. The monoisotopic (exact) mass is 566 g/mol. The summed E-state index contributed by atoms with van der Waals surface area (Å²) in [6, 6.07) is 6.34. The summed E-state index contributed by atoms with van der Waals surface area (Å²) in [5.74, 6) is -0.0545. The number of hydrogen-bond donors (Lipinski definition) is 2. The summed E-state index contributed by atoms with van der Waals surface area (Å²) in [5.41, 5.74) is 4.03. The fourth-order valence-corrected chi connectivity index (χ4v) is 5.83. The Morgan fingerprint density at radius 2 is 2.17 bits per heavy atom. The van der Waals surface area contributed by atoms with Gasteiger partial charge in [0.15, 0.2) is 18.0 Å². The Labute approximate surface area is 240 Å². The number of aromatic nitrogens is 2. The van der Waals surface area contributed by atoms with Gasteiger partial charge < -0.3 is 24.3 Å². The van der Waals surface area contributed by atoms with Crippen molar-refractivity contribution in [1.82, 2.24) is 14.9 Å². The van der Waals surface area contributed by atoms with Crippen molar-refractivity contribution in [3.05, 3.63) is 70.3 Å². The number of benzene rings is 1. The standard InChI is InChI=1S/C31H39FN4O5/c1-20-27(41-19-34-20)17-21-15-25(29(39-2)26(32)16-21)28(31(37)38)36-13-11-24(18-36)40-14-5-3-4-8-23-10-9-22-7-6-12-33-30(22)35-23/h9-10,15-16,19,24,28H,3-8,11-14,17-18H2,1-2H3,(H,33,35)(H,37,38)/t24-,28?/m1/s1. The van der Waals surface area contributed by atoms with Crippen LogP contribution in [0.4, 0.5) is 10.2 Å². The highest BCUT2D eigenvalue weighted by Crippen LogP contribution is 2.36. The van der Waals surface area contributed by atoms with Crippen LogP contribution in [0.25, 0.3) is 0 Å². The van der Waals surface area contributed by atoms with Crippen LogP contribution >= 0.6 is 0 Å². The largest absolute Gasteiger partial charge is 0.493 e. The van der Waals surface area contributed by atoms with E-state index in [0.717, 1.165) is 63.0 Å². The van der Waals surface area contributed by atoms with Crippen LogP contribution in [0.2, 0.25) is 0 Å². The van der Waals surface area contributed by atoms with Crippen LogP contribution < -0.4 is 10.1 Å². The Bertz CT molecular complexity index is 1350. The minimum atomic E-state index is -1.05. The number of ether oxygens (including phenoxy) is 2. The van der Waals surface area contributed by atoms with E-state index in [0.29, 0.717) is 48.7 Å². The highest BCUT2D eigenvalue weighted by Gasteiger charge is 2.36. The zero-order valence-electron chi connectivity index (χ0n) is 23.8. The third-order valence-corrected chi connectivity index (χ3v) is 8.00. The summed E-state index contributed by atoms with van der Waals surface area (Å²) in [5, 5.41) is 13.6. The van der Waals surface area contributed by atoms with Crippen LogP contribution in [0.1, 0.15) is 72.0 Å². The van der Waals surface area contributed by atoms with Crippen molar-refractivity contribution in [2.24, 2.45) is 0 Å². The van der Waals surface area contributed by atoms with Gasteiger partial charge in [-0.1, -0.05) is 12.5 Å². The Kier molecular flexibility index (Phi) is 9.51. The lowest BCUT2D eigenvalue weighted by molar-refractivity contribution is -0.143. The molecule has 2 N–H and O–H groups in total. The van der Waals surface area contributed by atoms with Crippen LogP contribution in [0.5, 0.6) is 5.75 Å². The summed E-state index contributed by atoms with van der Waals surface area (Å²) in [4.78, 5) is 23.2. The van der Waals surface area contributed by atoms with Gasteiger partial charge in [0, 0.05) is 43.9 Å². The van der Waals surface area contributed by atoms with E-state index >= 15 is 4.39 Å².